The van der Waals surface area contributed by atoms with Gasteiger partial charge in [0.15, 0.2) is 5.82 Å². The Hall–Kier alpha value is -2.25. The summed E-state index contributed by atoms with van der Waals surface area (Å²) in [5.41, 5.74) is 1.05. The van der Waals surface area contributed by atoms with Crippen LogP contribution in [0.3, 0.4) is 0 Å². The van der Waals surface area contributed by atoms with E-state index in [4.69, 9.17) is 4.98 Å². The molecule has 0 unspecified atom stereocenters. The van der Waals surface area contributed by atoms with Gasteiger partial charge in [0.2, 0.25) is 5.91 Å². The number of nitrogens with one attached hydrogen (secondary N) is 2. The zero-order chi connectivity index (χ0) is 18.5. The van der Waals surface area contributed by atoms with Gasteiger partial charge in [0.1, 0.15) is 5.82 Å². The summed E-state index contributed by atoms with van der Waals surface area (Å²) in [5, 5.41) is 10.8. The first kappa shape index (κ1) is 18.1. The number of likely N-dealkylation sites (tertiary alicyclic amines) is 1. The zero-order valence-electron chi connectivity index (χ0n) is 15.7. The number of piperazine rings is 1. The van der Waals surface area contributed by atoms with E-state index in [-0.39, 0.29) is 0 Å². The van der Waals surface area contributed by atoms with Crippen LogP contribution in [0.15, 0.2) is 30.3 Å². The Morgan fingerprint density at radius 3 is 2.56 bits per heavy atom. The van der Waals surface area contributed by atoms with Gasteiger partial charge in [0.05, 0.1) is 0 Å². The van der Waals surface area contributed by atoms with E-state index in [0.29, 0.717) is 18.2 Å². The number of benzene rings is 1. The normalized spacial score (nSPS) is 19.3. The molecule has 2 fully saturated rings. The molecule has 4 rings (SSSR count). The number of amides is 1. The third-order valence-corrected chi connectivity index (χ3v) is 5.62. The van der Waals surface area contributed by atoms with E-state index in [2.05, 4.69) is 20.4 Å². The average molecular weight is 368 g/mol. The van der Waals surface area contributed by atoms with E-state index in [0.717, 1.165) is 75.9 Å². The number of hydrogen-bond donors (Lipinski definition) is 2. The van der Waals surface area contributed by atoms with Crippen LogP contribution in [0.2, 0.25) is 0 Å². The van der Waals surface area contributed by atoms with Gasteiger partial charge in [-0.25, -0.2) is 4.98 Å². The molecule has 27 heavy (non-hydrogen) atoms. The number of piperidine rings is 1. The highest BCUT2D eigenvalue weighted by Gasteiger charge is 2.24. The molecule has 2 N–H and O–H groups in total. The van der Waals surface area contributed by atoms with Crippen molar-refractivity contribution in [3.05, 3.63) is 36.2 Å². The second kappa shape index (κ2) is 8.63. The first-order valence-corrected chi connectivity index (χ1v) is 9.98. The summed E-state index contributed by atoms with van der Waals surface area (Å²) in [5.74, 6) is 2.48. The van der Waals surface area contributed by atoms with Gasteiger partial charge in [-0.15, -0.1) is 0 Å². The number of H-pyrrole nitrogens is 1. The van der Waals surface area contributed by atoms with E-state index in [1.54, 1.807) is 0 Å². The number of aromatic amines is 1. The Morgan fingerprint density at radius 2 is 1.81 bits per heavy atom. The van der Waals surface area contributed by atoms with Crippen LogP contribution in [0.1, 0.15) is 31.0 Å². The number of nitrogens with zero attached hydrogens (tertiary/aromatic N) is 4. The highest BCUT2D eigenvalue weighted by atomic mass is 16.2. The minimum atomic E-state index is 0.293. The van der Waals surface area contributed by atoms with Crippen LogP contribution < -0.4 is 5.32 Å². The number of rotatable bonds is 5. The molecule has 0 bridgehead atoms. The fraction of sp³-hybridized carbons (Fsp3) is 0.550. The molecule has 2 aliphatic rings. The van der Waals surface area contributed by atoms with Crippen molar-refractivity contribution in [3.8, 4) is 11.4 Å². The molecule has 1 aromatic heterocycles. The fourth-order valence-corrected chi connectivity index (χ4v) is 3.93. The van der Waals surface area contributed by atoms with Crippen molar-refractivity contribution >= 4 is 5.91 Å². The van der Waals surface area contributed by atoms with Crippen LogP contribution in [0.4, 0.5) is 0 Å². The van der Waals surface area contributed by atoms with Gasteiger partial charge in [-0.3, -0.25) is 9.89 Å². The lowest BCUT2D eigenvalue weighted by Gasteiger charge is -2.32. The standard InChI is InChI=1S/C20H28N6O/c27-18(26-14-9-21-10-15-26)8-13-25-11-6-17(7-12-25)20-22-19(23-24-20)16-4-2-1-3-5-16/h1-5,17,21H,6-15H2,(H,22,23,24). The van der Waals surface area contributed by atoms with Crippen LogP contribution in [-0.2, 0) is 4.79 Å². The maximum atomic E-state index is 12.3. The zero-order valence-corrected chi connectivity index (χ0v) is 15.7. The van der Waals surface area contributed by atoms with Crippen LogP contribution in [-0.4, -0.2) is 76.7 Å². The second-order valence-corrected chi connectivity index (χ2v) is 7.41. The maximum absolute atomic E-state index is 12.3. The van der Waals surface area contributed by atoms with Gasteiger partial charge in [0, 0.05) is 50.6 Å². The molecule has 144 valence electrons. The third-order valence-electron chi connectivity index (χ3n) is 5.62. The van der Waals surface area contributed by atoms with Gasteiger partial charge in [0.25, 0.3) is 0 Å². The smallest absolute Gasteiger partial charge is 0.223 e. The summed E-state index contributed by atoms with van der Waals surface area (Å²) in [7, 11) is 0. The topological polar surface area (TPSA) is 77.2 Å². The van der Waals surface area contributed by atoms with Gasteiger partial charge in [-0.05, 0) is 25.9 Å². The van der Waals surface area contributed by atoms with Crippen LogP contribution >= 0.6 is 0 Å². The second-order valence-electron chi connectivity index (χ2n) is 7.41. The predicted molar refractivity (Wildman–Crippen MR) is 104 cm³/mol. The molecule has 2 aliphatic heterocycles. The Kier molecular flexibility index (Phi) is 5.79. The average Bonchev–Trinajstić information content (AvgIpc) is 3.24. The van der Waals surface area contributed by atoms with Crippen molar-refractivity contribution in [2.45, 2.75) is 25.2 Å². The van der Waals surface area contributed by atoms with E-state index < -0.39 is 0 Å². The monoisotopic (exact) mass is 368 g/mol. The van der Waals surface area contributed by atoms with Crippen LogP contribution in [0.25, 0.3) is 11.4 Å². The highest BCUT2D eigenvalue weighted by Crippen LogP contribution is 2.27. The number of hydrogen-bond acceptors (Lipinski definition) is 5. The van der Waals surface area contributed by atoms with Gasteiger partial charge >= 0.3 is 0 Å². The number of carbonyl (C=O) groups is 1. The SMILES string of the molecule is O=C(CCN1CCC(c2nc(-c3ccccc3)n[nH]2)CC1)N1CCNCC1. The van der Waals surface area contributed by atoms with Crippen molar-refractivity contribution in [3.63, 3.8) is 0 Å². The van der Waals surface area contributed by atoms with Crippen molar-refractivity contribution in [2.24, 2.45) is 0 Å². The molecule has 1 aromatic carbocycles. The number of carbonyl (C=O) groups excluding carboxylic acids is 1. The van der Waals surface area contributed by atoms with E-state index in [1.807, 2.05) is 35.2 Å². The van der Waals surface area contributed by atoms with E-state index in [9.17, 15) is 4.79 Å². The molecule has 0 aliphatic carbocycles. The van der Waals surface area contributed by atoms with Gasteiger partial charge in [-0.2, -0.15) is 5.10 Å². The van der Waals surface area contributed by atoms with Crippen LogP contribution in [0, 0.1) is 0 Å². The summed E-state index contributed by atoms with van der Waals surface area (Å²) in [6.45, 7) is 6.41. The Morgan fingerprint density at radius 1 is 1.07 bits per heavy atom. The molecule has 1 amide bonds. The summed E-state index contributed by atoms with van der Waals surface area (Å²) in [6.07, 6.45) is 2.75. The number of aromatic nitrogens is 3. The molecule has 0 radical (unpaired) electrons. The minimum absolute atomic E-state index is 0.293. The van der Waals surface area contributed by atoms with E-state index in [1.165, 1.54) is 0 Å². The van der Waals surface area contributed by atoms with Crippen molar-refractivity contribution in [1.29, 1.82) is 0 Å². The molecular weight excluding hydrogens is 340 g/mol. The molecule has 3 heterocycles. The molecule has 0 spiro atoms. The highest BCUT2D eigenvalue weighted by molar-refractivity contribution is 5.76. The molecule has 0 saturated carbocycles. The quantitative estimate of drug-likeness (QED) is 0.836. The largest absolute Gasteiger partial charge is 0.340 e. The lowest BCUT2D eigenvalue weighted by molar-refractivity contribution is -0.132. The van der Waals surface area contributed by atoms with Gasteiger partial charge < -0.3 is 15.1 Å². The van der Waals surface area contributed by atoms with Crippen molar-refractivity contribution in [1.82, 2.24) is 30.3 Å². The third kappa shape index (κ3) is 4.54. The maximum Gasteiger partial charge on any atom is 0.223 e. The molecular formula is C20H28N6O. The molecule has 7 heteroatoms. The lowest BCUT2D eigenvalue weighted by atomic mass is 9.96. The predicted octanol–water partition coefficient (Wildman–Crippen LogP) is 1.47. The van der Waals surface area contributed by atoms with Crippen molar-refractivity contribution in [2.75, 3.05) is 45.8 Å². The van der Waals surface area contributed by atoms with Crippen molar-refractivity contribution < 1.29 is 4.79 Å². The first-order chi connectivity index (χ1) is 13.3. The fourth-order valence-electron chi connectivity index (χ4n) is 3.93. The molecule has 7 nitrogen and oxygen atoms in total. The summed E-state index contributed by atoms with van der Waals surface area (Å²) >= 11 is 0. The molecule has 2 saturated heterocycles. The Balaban J connectivity index is 1.24. The van der Waals surface area contributed by atoms with E-state index >= 15 is 0 Å². The Labute approximate surface area is 160 Å². The summed E-state index contributed by atoms with van der Waals surface area (Å²) < 4.78 is 0. The minimum Gasteiger partial charge on any atom is -0.340 e. The van der Waals surface area contributed by atoms with Gasteiger partial charge in [-0.1, -0.05) is 30.3 Å². The summed E-state index contributed by atoms with van der Waals surface area (Å²) in [4.78, 5) is 21.4. The van der Waals surface area contributed by atoms with Crippen LogP contribution in [0.5, 0.6) is 0 Å². The molecule has 2 aromatic rings. The molecule has 0 atom stereocenters. The lowest BCUT2D eigenvalue weighted by Crippen LogP contribution is -2.47. The Bertz CT molecular complexity index is 732. The first-order valence-electron chi connectivity index (χ1n) is 9.98. The summed E-state index contributed by atoms with van der Waals surface area (Å²) in [6, 6.07) is 10.1.